The van der Waals surface area contributed by atoms with Gasteiger partial charge in [-0.15, -0.1) is 11.3 Å². The van der Waals surface area contributed by atoms with E-state index >= 15 is 0 Å². The molecular formula is C28H29N5O7S3. The first kappa shape index (κ1) is 30.4. The van der Waals surface area contributed by atoms with E-state index in [1.165, 1.54) is 35.6 Å². The molecule has 0 bridgehead atoms. The van der Waals surface area contributed by atoms with Crippen LogP contribution in [0.15, 0.2) is 63.7 Å². The summed E-state index contributed by atoms with van der Waals surface area (Å²) in [5.41, 5.74) is 7.04. The standard InChI is InChI=1S/C28H29N5O7S3/c1-15(22-10-17(14-41-22)26(29)30)32-28(36)21-11-18(42(2,37)38)13-33(21)25(34)12-31-27(35)16-7-8-24-20(9-16)19-5-3-4-6-23(19)43(24,39)40/h3-10,14-15,18,21H,11-13H2,1-2H3,(H3,29,30)(H,31,35)(H,32,36)/t15-,18-,21+/m1/s1. The zero-order chi connectivity index (χ0) is 31.3. The maximum atomic E-state index is 13.3. The fourth-order valence-electron chi connectivity index (χ4n) is 5.25. The predicted octanol–water partition coefficient (Wildman–Crippen LogP) is 1.47. The van der Waals surface area contributed by atoms with Gasteiger partial charge in [0.05, 0.1) is 27.6 Å². The first-order chi connectivity index (χ1) is 20.2. The van der Waals surface area contributed by atoms with E-state index in [-0.39, 0.29) is 34.2 Å². The van der Waals surface area contributed by atoms with Crippen LogP contribution in [-0.2, 0) is 29.3 Å². The van der Waals surface area contributed by atoms with Crippen LogP contribution in [-0.4, -0.2) is 75.9 Å². The molecule has 3 amide bonds. The van der Waals surface area contributed by atoms with Gasteiger partial charge in [0.15, 0.2) is 9.84 Å². The van der Waals surface area contributed by atoms with Gasteiger partial charge >= 0.3 is 0 Å². The van der Waals surface area contributed by atoms with Crippen LogP contribution in [0.25, 0.3) is 11.1 Å². The van der Waals surface area contributed by atoms with E-state index in [0.29, 0.717) is 16.7 Å². The monoisotopic (exact) mass is 643 g/mol. The molecule has 1 fully saturated rings. The van der Waals surface area contributed by atoms with Crippen LogP contribution in [0.1, 0.15) is 40.2 Å². The molecule has 2 aliphatic heterocycles. The summed E-state index contributed by atoms with van der Waals surface area (Å²) in [7, 11) is -7.28. The quantitative estimate of drug-likeness (QED) is 0.164. The van der Waals surface area contributed by atoms with Crippen molar-refractivity contribution in [2.75, 3.05) is 19.3 Å². The maximum Gasteiger partial charge on any atom is 0.251 e. The van der Waals surface area contributed by atoms with Gasteiger partial charge in [0.1, 0.15) is 11.9 Å². The molecule has 12 nitrogen and oxygen atoms in total. The minimum Gasteiger partial charge on any atom is -0.384 e. The Kier molecular flexibility index (Phi) is 7.92. The van der Waals surface area contributed by atoms with E-state index in [9.17, 15) is 31.2 Å². The maximum absolute atomic E-state index is 13.3. The fraction of sp³-hybridized carbons (Fsp3) is 0.286. The van der Waals surface area contributed by atoms with Crippen molar-refractivity contribution in [2.24, 2.45) is 5.73 Å². The number of sulfone groups is 2. The van der Waals surface area contributed by atoms with Crippen molar-refractivity contribution >= 4 is 54.6 Å². The van der Waals surface area contributed by atoms with Gasteiger partial charge in [0.2, 0.25) is 21.7 Å². The summed E-state index contributed by atoms with van der Waals surface area (Å²) in [5.74, 6) is -1.93. The number of nitrogens with zero attached hydrogens (tertiary/aromatic N) is 1. The number of nitrogens with one attached hydrogen (secondary N) is 3. The summed E-state index contributed by atoms with van der Waals surface area (Å²) in [6.07, 6.45) is 0.949. The van der Waals surface area contributed by atoms with Gasteiger partial charge in [-0.3, -0.25) is 19.8 Å². The van der Waals surface area contributed by atoms with Gasteiger partial charge in [-0.05, 0) is 43.7 Å². The minimum atomic E-state index is -3.70. The van der Waals surface area contributed by atoms with Crippen LogP contribution in [0.5, 0.6) is 0 Å². The molecule has 0 unspecified atom stereocenters. The van der Waals surface area contributed by atoms with Crippen LogP contribution in [0.4, 0.5) is 0 Å². The van der Waals surface area contributed by atoms with Crippen molar-refractivity contribution in [3.05, 3.63) is 69.9 Å². The highest BCUT2D eigenvalue weighted by Crippen LogP contribution is 2.43. The number of hydrogen-bond acceptors (Lipinski definition) is 9. The Bertz CT molecular complexity index is 1890. The van der Waals surface area contributed by atoms with Gasteiger partial charge in [-0.25, -0.2) is 16.8 Å². The first-order valence-electron chi connectivity index (χ1n) is 13.2. The lowest BCUT2D eigenvalue weighted by Crippen LogP contribution is -2.49. The average molecular weight is 644 g/mol. The largest absolute Gasteiger partial charge is 0.384 e. The highest BCUT2D eigenvalue weighted by molar-refractivity contribution is 7.92. The smallest absolute Gasteiger partial charge is 0.251 e. The van der Waals surface area contributed by atoms with Gasteiger partial charge in [0.25, 0.3) is 5.91 Å². The third-order valence-electron chi connectivity index (χ3n) is 7.61. The fourth-order valence-corrected chi connectivity index (χ4v) is 8.80. The van der Waals surface area contributed by atoms with E-state index < -0.39 is 61.3 Å². The molecule has 3 heterocycles. The highest BCUT2D eigenvalue weighted by atomic mass is 32.2. The summed E-state index contributed by atoms with van der Waals surface area (Å²) in [4.78, 5) is 41.7. The Balaban J connectivity index is 1.29. The SMILES string of the molecule is C[C@@H](NC(=O)[C@@H]1C[C@@H](S(C)(=O)=O)CN1C(=O)CNC(=O)c1ccc2c(c1)-c1ccccc1S2(=O)=O)c1cc(C(=N)N)cs1. The van der Waals surface area contributed by atoms with E-state index in [1.807, 2.05) is 0 Å². The van der Waals surface area contributed by atoms with Crippen LogP contribution >= 0.6 is 11.3 Å². The molecule has 15 heteroatoms. The molecule has 3 aromatic rings. The zero-order valence-corrected chi connectivity index (χ0v) is 25.6. The minimum absolute atomic E-state index is 0.0911. The van der Waals surface area contributed by atoms with Crippen molar-refractivity contribution in [1.82, 2.24) is 15.5 Å². The van der Waals surface area contributed by atoms with Gasteiger partial charge in [0, 0.05) is 45.3 Å². The summed E-state index contributed by atoms with van der Waals surface area (Å²) < 4.78 is 50.4. The number of fused-ring (bicyclic) bond motifs is 3. The second-order valence-corrected chi connectivity index (χ2v) is 15.7. The van der Waals surface area contributed by atoms with Crippen molar-refractivity contribution in [1.29, 1.82) is 5.41 Å². The molecule has 1 aromatic heterocycles. The molecule has 2 aromatic carbocycles. The molecule has 1 saturated heterocycles. The van der Waals surface area contributed by atoms with Crippen molar-refractivity contribution in [2.45, 2.75) is 40.5 Å². The number of carbonyl (C=O) groups excluding carboxylic acids is 3. The molecule has 5 N–H and O–H groups in total. The normalized spacial score (nSPS) is 19.3. The Morgan fingerprint density at radius 1 is 1.09 bits per heavy atom. The molecule has 0 saturated carbocycles. The third-order valence-corrected chi connectivity index (χ3v) is 12.1. The number of rotatable bonds is 8. The van der Waals surface area contributed by atoms with Gasteiger partial charge < -0.3 is 21.3 Å². The number of nitrogen functional groups attached to an aromatic ring is 1. The number of carbonyl (C=O) groups is 3. The predicted molar refractivity (Wildman–Crippen MR) is 160 cm³/mol. The number of nitrogens with two attached hydrogens (primary N) is 1. The van der Waals surface area contributed by atoms with E-state index in [4.69, 9.17) is 11.1 Å². The van der Waals surface area contributed by atoms with E-state index in [0.717, 1.165) is 16.0 Å². The van der Waals surface area contributed by atoms with E-state index in [2.05, 4.69) is 10.6 Å². The summed E-state index contributed by atoms with van der Waals surface area (Å²) in [5, 5.41) is 13.6. The van der Waals surface area contributed by atoms with Crippen LogP contribution in [0.2, 0.25) is 0 Å². The topological polar surface area (TPSA) is 197 Å². The Labute approximate surface area is 252 Å². The molecule has 2 aliphatic rings. The first-order valence-corrected chi connectivity index (χ1v) is 17.5. The van der Waals surface area contributed by atoms with Crippen molar-refractivity contribution in [3.63, 3.8) is 0 Å². The molecular weight excluding hydrogens is 615 g/mol. The van der Waals surface area contributed by atoms with Crippen molar-refractivity contribution in [3.8, 4) is 11.1 Å². The molecule has 5 rings (SSSR count). The number of thiophene rings is 1. The number of likely N-dealkylation sites (tertiary alicyclic amines) is 1. The molecule has 0 radical (unpaired) electrons. The third kappa shape index (κ3) is 5.79. The molecule has 43 heavy (non-hydrogen) atoms. The number of amidine groups is 1. The molecule has 226 valence electrons. The average Bonchev–Trinajstić information content (AvgIpc) is 3.68. The summed E-state index contributed by atoms with van der Waals surface area (Å²) >= 11 is 1.30. The zero-order valence-electron chi connectivity index (χ0n) is 23.2. The Morgan fingerprint density at radius 3 is 2.47 bits per heavy atom. The number of hydrogen-bond donors (Lipinski definition) is 4. The lowest BCUT2D eigenvalue weighted by molar-refractivity contribution is -0.137. The second-order valence-electron chi connectivity index (χ2n) is 10.5. The lowest BCUT2D eigenvalue weighted by Gasteiger charge is -2.25. The lowest BCUT2D eigenvalue weighted by atomic mass is 10.0. The van der Waals surface area contributed by atoms with Gasteiger partial charge in [-0.2, -0.15) is 0 Å². The highest BCUT2D eigenvalue weighted by Gasteiger charge is 2.43. The second kappa shape index (κ2) is 11.2. The van der Waals surface area contributed by atoms with Crippen molar-refractivity contribution < 1.29 is 31.2 Å². The molecule has 0 aliphatic carbocycles. The Hall–Kier alpha value is -4.08. The molecule has 3 atom stereocenters. The van der Waals surface area contributed by atoms with Crippen LogP contribution < -0.4 is 16.4 Å². The van der Waals surface area contributed by atoms with Crippen LogP contribution in [0, 0.1) is 5.41 Å². The Morgan fingerprint density at radius 2 is 1.79 bits per heavy atom. The summed E-state index contributed by atoms with van der Waals surface area (Å²) in [6.45, 7) is 1.01. The number of benzene rings is 2. The van der Waals surface area contributed by atoms with Crippen LogP contribution in [0.3, 0.4) is 0 Å². The van der Waals surface area contributed by atoms with Gasteiger partial charge in [-0.1, -0.05) is 18.2 Å². The number of amides is 3. The molecule has 0 spiro atoms. The van der Waals surface area contributed by atoms with E-state index in [1.54, 1.807) is 36.6 Å². The summed E-state index contributed by atoms with van der Waals surface area (Å²) in [6, 6.07) is 10.7.